The van der Waals surface area contributed by atoms with E-state index in [1.54, 1.807) is 0 Å². The van der Waals surface area contributed by atoms with Crippen molar-refractivity contribution in [1.29, 1.82) is 0 Å². The van der Waals surface area contributed by atoms with E-state index >= 15 is 0 Å². The van der Waals surface area contributed by atoms with Gasteiger partial charge in [-0.25, -0.2) is 4.98 Å². The molecule has 0 spiro atoms. The normalized spacial score (nSPS) is 17.6. The Morgan fingerprint density at radius 1 is 0.900 bits per heavy atom. The fourth-order valence-corrected chi connectivity index (χ4v) is 4.39. The molecule has 0 unspecified atom stereocenters. The Morgan fingerprint density at radius 3 is 2.43 bits per heavy atom. The standard InChI is InChI=1S/C22H25ClN6O/c23-18-5-1-2-6-19(18)28-13-11-27(12-14-28)16-21-25-22(26-30-21)17-7-8-20(24-15-17)29-9-3-4-10-29/h1-2,5-8,15H,3-4,9-14,16H2. The molecular formula is C22H25ClN6O. The second kappa shape index (κ2) is 8.62. The number of anilines is 2. The molecule has 2 aliphatic heterocycles. The lowest BCUT2D eigenvalue weighted by molar-refractivity contribution is 0.215. The van der Waals surface area contributed by atoms with Gasteiger partial charge in [0.15, 0.2) is 0 Å². The minimum Gasteiger partial charge on any atom is -0.368 e. The summed E-state index contributed by atoms with van der Waals surface area (Å²) in [5, 5.41) is 4.96. The molecule has 0 atom stereocenters. The van der Waals surface area contributed by atoms with E-state index in [0.717, 1.165) is 61.4 Å². The number of piperazine rings is 1. The number of hydrogen-bond donors (Lipinski definition) is 0. The van der Waals surface area contributed by atoms with Gasteiger partial charge in [0.05, 0.1) is 17.3 Å². The van der Waals surface area contributed by atoms with E-state index < -0.39 is 0 Å². The summed E-state index contributed by atoms with van der Waals surface area (Å²) in [6, 6.07) is 12.1. The number of halogens is 1. The molecule has 3 aromatic rings. The van der Waals surface area contributed by atoms with Crippen LogP contribution in [-0.2, 0) is 6.54 Å². The summed E-state index contributed by atoms with van der Waals surface area (Å²) < 4.78 is 5.51. The largest absolute Gasteiger partial charge is 0.368 e. The summed E-state index contributed by atoms with van der Waals surface area (Å²) in [4.78, 5) is 16.1. The van der Waals surface area contributed by atoms with Crippen LogP contribution in [0.25, 0.3) is 11.4 Å². The second-order valence-corrected chi connectivity index (χ2v) is 8.23. The quantitative estimate of drug-likeness (QED) is 0.618. The van der Waals surface area contributed by atoms with Gasteiger partial charge in [0.25, 0.3) is 0 Å². The number of nitrogens with zero attached hydrogens (tertiary/aromatic N) is 6. The Balaban J connectivity index is 1.18. The van der Waals surface area contributed by atoms with Gasteiger partial charge >= 0.3 is 0 Å². The van der Waals surface area contributed by atoms with E-state index in [1.807, 2.05) is 36.5 Å². The van der Waals surface area contributed by atoms with Gasteiger partial charge in [-0.1, -0.05) is 28.9 Å². The molecule has 30 heavy (non-hydrogen) atoms. The van der Waals surface area contributed by atoms with E-state index in [4.69, 9.17) is 16.1 Å². The van der Waals surface area contributed by atoms with Crippen molar-refractivity contribution >= 4 is 23.1 Å². The van der Waals surface area contributed by atoms with Crippen molar-refractivity contribution < 1.29 is 4.52 Å². The zero-order valence-corrected chi connectivity index (χ0v) is 17.6. The molecule has 2 saturated heterocycles. The number of pyridine rings is 1. The molecule has 0 saturated carbocycles. The summed E-state index contributed by atoms with van der Waals surface area (Å²) >= 11 is 6.33. The second-order valence-electron chi connectivity index (χ2n) is 7.83. The molecular weight excluding hydrogens is 400 g/mol. The van der Waals surface area contributed by atoms with Gasteiger partial charge in [-0.05, 0) is 37.1 Å². The lowest BCUT2D eigenvalue weighted by Crippen LogP contribution is -2.46. The number of para-hydroxylation sites is 1. The van der Waals surface area contributed by atoms with Gasteiger partial charge in [0, 0.05) is 51.0 Å². The van der Waals surface area contributed by atoms with Crippen molar-refractivity contribution in [2.75, 3.05) is 49.1 Å². The molecule has 7 nitrogen and oxygen atoms in total. The van der Waals surface area contributed by atoms with Crippen molar-refractivity contribution in [3.8, 4) is 11.4 Å². The first-order chi connectivity index (χ1) is 14.8. The Bertz CT molecular complexity index is 977. The van der Waals surface area contributed by atoms with E-state index in [0.29, 0.717) is 18.3 Å². The van der Waals surface area contributed by atoms with Gasteiger partial charge in [-0.3, -0.25) is 4.90 Å². The number of hydrogen-bond acceptors (Lipinski definition) is 7. The van der Waals surface area contributed by atoms with Crippen LogP contribution >= 0.6 is 11.6 Å². The molecule has 156 valence electrons. The first kappa shape index (κ1) is 19.3. The first-order valence-corrected chi connectivity index (χ1v) is 10.9. The highest BCUT2D eigenvalue weighted by molar-refractivity contribution is 6.33. The Kier molecular flexibility index (Phi) is 5.55. The zero-order valence-electron chi connectivity index (χ0n) is 16.9. The monoisotopic (exact) mass is 424 g/mol. The van der Waals surface area contributed by atoms with Gasteiger partial charge in [0.2, 0.25) is 11.7 Å². The summed E-state index contributed by atoms with van der Waals surface area (Å²) in [7, 11) is 0. The molecule has 0 bridgehead atoms. The average Bonchev–Trinajstić information content (AvgIpc) is 3.48. The fourth-order valence-electron chi connectivity index (χ4n) is 4.13. The molecule has 8 heteroatoms. The average molecular weight is 425 g/mol. The minimum atomic E-state index is 0.597. The SMILES string of the molecule is Clc1ccccc1N1CCN(Cc2nc(-c3ccc(N4CCCC4)nc3)no2)CC1. The smallest absolute Gasteiger partial charge is 0.241 e. The number of aromatic nitrogens is 3. The third kappa shape index (κ3) is 4.13. The van der Waals surface area contributed by atoms with Crippen LogP contribution in [0.2, 0.25) is 5.02 Å². The third-order valence-corrected chi connectivity index (χ3v) is 6.15. The van der Waals surface area contributed by atoms with E-state index in [2.05, 4.69) is 35.9 Å². The molecule has 0 aliphatic carbocycles. The number of benzene rings is 1. The molecule has 0 N–H and O–H groups in total. The van der Waals surface area contributed by atoms with Crippen LogP contribution in [0.3, 0.4) is 0 Å². The molecule has 2 aromatic heterocycles. The zero-order chi connectivity index (χ0) is 20.3. The molecule has 5 rings (SSSR count). The van der Waals surface area contributed by atoms with Crippen LogP contribution < -0.4 is 9.80 Å². The Morgan fingerprint density at radius 2 is 1.70 bits per heavy atom. The van der Waals surface area contributed by atoms with Crippen molar-refractivity contribution in [1.82, 2.24) is 20.0 Å². The molecule has 0 radical (unpaired) electrons. The molecule has 2 aliphatic rings. The van der Waals surface area contributed by atoms with E-state index in [1.165, 1.54) is 12.8 Å². The first-order valence-electron chi connectivity index (χ1n) is 10.5. The summed E-state index contributed by atoms with van der Waals surface area (Å²) in [6.45, 7) is 6.52. The molecule has 0 amide bonds. The van der Waals surface area contributed by atoms with Crippen LogP contribution in [0.5, 0.6) is 0 Å². The van der Waals surface area contributed by atoms with Crippen molar-refractivity contribution in [3.63, 3.8) is 0 Å². The summed E-state index contributed by atoms with van der Waals surface area (Å²) in [5.74, 6) is 2.26. The van der Waals surface area contributed by atoms with Crippen LogP contribution in [0, 0.1) is 0 Å². The maximum Gasteiger partial charge on any atom is 0.241 e. The van der Waals surface area contributed by atoms with Crippen molar-refractivity contribution in [3.05, 3.63) is 53.5 Å². The highest BCUT2D eigenvalue weighted by Crippen LogP contribution is 2.26. The van der Waals surface area contributed by atoms with Crippen LogP contribution in [-0.4, -0.2) is 59.3 Å². The summed E-state index contributed by atoms with van der Waals surface area (Å²) in [6.07, 6.45) is 4.32. The highest BCUT2D eigenvalue weighted by atomic mass is 35.5. The van der Waals surface area contributed by atoms with E-state index in [-0.39, 0.29) is 0 Å². The maximum absolute atomic E-state index is 6.33. The lowest BCUT2D eigenvalue weighted by atomic mass is 10.2. The topological polar surface area (TPSA) is 61.5 Å². The van der Waals surface area contributed by atoms with Crippen LogP contribution in [0.1, 0.15) is 18.7 Å². The molecule has 4 heterocycles. The Labute approximate surface area is 181 Å². The lowest BCUT2D eigenvalue weighted by Gasteiger charge is -2.35. The minimum absolute atomic E-state index is 0.597. The fraction of sp³-hybridized carbons (Fsp3) is 0.409. The third-order valence-electron chi connectivity index (χ3n) is 5.83. The van der Waals surface area contributed by atoms with E-state index in [9.17, 15) is 0 Å². The number of rotatable bonds is 5. The highest BCUT2D eigenvalue weighted by Gasteiger charge is 2.21. The van der Waals surface area contributed by atoms with Gasteiger partial charge in [0.1, 0.15) is 5.82 Å². The predicted octanol–water partition coefficient (Wildman–Crippen LogP) is 3.71. The van der Waals surface area contributed by atoms with Crippen molar-refractivity contribution in [2.24, 2.45) is 0 Å². The molecule has 2 fully saturated rings. The Hall–Kier alpha value is -2.64. The summed E-state index contributed by atoms with van der Waals surface area (Å²) in [5.41, 5.74) is 1.99. The van der Waals surface area contributed by atoms with Crippen LogP contribution in [0.15, 0.2) is 47.1 Å². The van der Waals surface area contributed by atoms with Gasteiger partial charge in [-0.2, -0.15) is 4.98 Å². The van der Waals surface area contributed by atoms with Crippen LogP contribution in [0.4, 0.5) is 11.5 Å². The van der Waals surface area contributed by atoms with Gasteiger partial charge < -0.3 is 14.3 Å². The predicted molar refractivity (Wildman–Crippen MR) is 118 cm³/mol. The van der Waals surface area contributed by atoms with Gasteiger partial charge in [-0.15, -0.1) is 0 Å². The maximum atomic E-state index is 6.33. The molecule has 1 aromatic carbocycles. The van der Waals surface area contributed by atoms with Crippen molar-refractivity contribution in [2.45, 2.75) is 19.4 Å².